The summed E-state index contributed by atoms with van der Waals surface area (Å²) in [7, 11) is 0. The molecule has 1 heterocycles. The van der Waals surface area contributed by atoms with Crippen molar-refractivity contribution < 1.29 is 15.0 Å². The van der Waals surface area contributed by atoms with Crippen LogP contribution >= 0.6 is 0 Å². The zero-order valence-electron chi connectivity index (χ0n) is 8.90. The van der Waals surface area contributed by atoms with Gasteiger partial charge in [0.05, 0.1) is 0 Å². The molecule has 3 N–H and O–H groups in total. The van der Waals surface area contributed by atoms with Crippen molar-refractivity contribution in [1.82, 2.24) is 4.98 Å². The van der Waals surface area contributed by atoms with Crippen molar-refractivity contribution in [3.05, 3.63) is 36.0 Å². The van der Waals surface area contributed by atoms with Crippen molar-refractivity contribution in [3.8, 4) is 0 Å². The molecule has 0 aliphatic carbocycles. The molecule has 2 rings (SSSR count). The summed E-state index contributed by atoms with van der Waals surface area (Å²) in [6.07, 6.45) is 1.83. The summed E-state index contributed by atoms with van der Waals surface area (Å²) in [6, 6.07) is 7.60. The van der Waals surface area contributed by atoms with Crippen molar-refractivity contribution in [2.45, 2.75) is 18.9 Å². The van der Waals surface area contributed by atoms with Crippen LogP contribution in [0.4, 0.5) is 0 Å². The molecule has 1 aromatic carbocycles. The minimum absolute atomic E-state index is 0.0896. The highest BCUT2D eigenvalue weighted by atomic mass is 16.4. The predicted molar refractivity (Wildman–Crippen MR) is 60.3 cm³/mol. The molecule has 0 aliphatic heterocycles. The zero-order chi connectivity index (χ0) is 11.8. The van der Waals surface area contributed by atoms with Gasteiger partial charge >= 0.3 is 5.97 Å². The second-order valence-corrected chi connectivity index (χ2v) is 4.12. The maximum atomic E-state index is 10.8. The summed E-state index contributed by atoms with van der Waals surface area (Å²) in [5.74, 6) is -1.21. The summed E-state index contributed by atoms with van der Waals surface area (Å²) >= 11 is 0. The van der Waals surface area contributed by atoms with E-state index < -0.39 is 11.6 Å². The first-order valence-corrected chi connectivity index (χ1v) is 5.01. The van der Waals surface area contributed by atoms with Crippen LogP contribution in [0, 0.1) is 0 Å². The number of nitrogens with one attached hydrogen (secondary N) is 1. The third-order valence-corrected chi connectivity index (χ3v) is 2.67. The van der Waals surface area contributed by atoms with Crippen molar-refractivity contribution in [2.75, 3.05) is 0 Å². The Morgan fingerprint density at radius 2 is 2.12 bits per heavy atom. The highest BCUT2D eigenvalue weighted by molar-refractivity contribution is 5.85. The molecule has 0 saturated heterocycles. The monoisotopic (exact) mass is 219 g/mol. The summed E-state index contributed by atoms with van der Waals surface area (Å²) < 4.78 is 0. The van der Waals surface area contributed by atoms with E-state index in [-0.39, 0.29) is 6.42 Å². The topological polar surface area (TPSA) is 73.3 Å². The van der Waals surface area contributed by atoms with Crippen molar-refractivity contribution in [2.24, 2.45) is 0 Å². The number of aromatic amines is 1. The number of carboxylic acids is 1. The van der Waals surface area contributed by atoms with Gasteiger partial charge in [-0.05, 0) is 18.6 Å². The number of aliphatic carboxylic acids is 1. The van der Waals surface area contributed by atoms with Crippen LogP contribution in [0.25, 0.3) is 10.9 Å². The second kappa shape index (κ2) is 3.64. The fraction of sp³-hybridized carbons (Fsp3) is 0.250. The summed E-state index contributed by atoms with van der Waals surface area (Å²) in [5.41, 5.74) is 0.0204. The largest absolute Gasteiger partial charge is 0.479 e. The number of hydrogen-bond donors (Lipinski definition) is 3. The van der Waals surface area contributed by atoms with E-state index in [1.165, 1.54) is 6.92 Å². The molecule has 0 bridgehead atoms. The number of aromatic nitrogens is 1. The van der Waals surface area contributed by atoms with Gasteiger partial charge in [0.1, 0.15) is 0 Å². The van der Waals surface area contributed by atoms with Crippen molar-refractivity contribution in [1.29, 1.82) is 0 Å². The van der Waals surface area contributed by atoms with Gasteiger partial charge in [0.2, 0.25) is 0 Å². The van der Waals surface area contributed by atoms with Gasteiger partial charge in [-0.3, -0.25) is 0 Å². The van der Waals surface area contributed by atoms with Gasteiger partial charge in [0, 0.05) is 23.5 Å². The lowest BCUT2D eigenvalue weighted by atomic mass is 9.96. The molecule has 1 atom stereocenters. The molecule has 1 unspecified atom stereocenters. The van der Waals surface area contributed by atoms with E-state index in [4.69, 9.17) is 5.11 Å². The molecule has 2 aromatic rings. The van der Waals surface area contributed by atoms with Crippen LogP contribution < -0.4 is 0 Å². The highest BCUT2D eigenvalue weighted by Gasteiger charge is 2.30. The van der Waals surface area contributed by atoms with E-state index in [0.717, 1.165) is 16.5 Å². The molecule has 4 heteroatoms. The van der Waals surface area contributed by atoms with Crippen LogP contribution in [0.1, 0.15) is 12.5 Å². The first-order valence-electron chi connectivity index (χ1n) is 5.01. The third-order valence-electron chi connectivity index (χ3n) is 2.67. The minimum Gasteiger partial charge on any atom is -0.479 e. The Balaban J connectivity index is 2.38. The SMILES string of the molecule is CC(O)(Cc1c[nH]c2ccccc12)C(=O)O. The standard InChI is InChI=1S/C12H13NO3/c1-12(16,11(14)15)6-8-7-13-10-5-3-2-4-9(8)10/h2-5,7,13,16H,6H2,1H3,(H,14,15). The molecular formula is C12H13NO3. The minimum atomic E-state index is -1.73. The van der Waals surface area contributed by atoms with Gasteiger partial charge in [-0.25, -0.2) is 4.79 Å². The molecule has 0 saturated carbocycles. The van der Waals surface area contributed by atoms with Gasteiger partial charge in [-0.15, -0.1) is 0 Å². The van der Waals surface area contributed by atoms with Crippen molar-refractivity contribution in [3.63, 3.8) is 0 Å². The van der Waals surface area contributed by atoms with Gasteiger partial charge in [0.15, 0.2) is 5.60 Å². The maximum absolute atomic E-state index is 10.8. The quantitative estimate of drug-likeness (QED) is 0.733. The Kier molecular flexibility index (Phi) is 2.44. The number of rotatable bonds is 3. The van der Waals surface area contributed by atoms with Crippen LogP contribution in [0.3, 0.4) is 0 Å². The van der Waals surface area contributed by atoms with Crippen LogP contribution in [-0.2, 0) is 11.2 Å². The fourth-order valence-corrected chi connectivity index (χ4v) is 1.72. The number of hydrogen-bond acceptors (Lipinski definition) is 2. The molecule has 0 fully saturated rings. The molecule has 0 amide bonds. The van der Waals surface area contributed by atoms with Crippen LogP contribution in [0.5, 0.6) is 0 Å². The third kappa shape index (κ3) is 1.79. The maximum Gasteiger partial charge on any atom is 0.335 e. The molecule has 0 spiro atoms. The van der Waals surface area contributed by atoms with E-state index >= 15 is 0 Å². The Morgan fingerprint density at radius 3 is 2.81 bits per heavy atom. The lowest BCUT2D eigenvalue weighted by Crippen LogP contribution is -2.37. The Labute approximate surface area is 92.5 Å². The number of H-pyrrole nitrogens is 1. The number of carbonyl (C=O) groups is 1. The molecule has 0 radical (unpaired) electrons. The van der Waals surface area contributed by atoms with Gasteiger partial charge in [0.25, 0.3) is 0 Å². The highest BCUT2D eigenvalue weighted by Crippen LogP contribution is 2.22. The zero-order valence-corrected chi connectivity index (χ0v) is 8.90. The summed E-state index contributed by atoms with van der Waals surface area (Å²) in [6.45, 7) is 1.30. The van der Waals surface area contributed by atoms with Crippen LogP contribution in [-0.4, -0.2) is 26.8 Å². The molecular weight excluding hydrogens is 206 g/mol. The number of fused-ring (bicyclic) bond motifs is 1. The second-order valence-electron chi connectivity index (χ2n) is 4.12. The van der Waals surface area contributed by atoms with E-state index in [9.17, 15) is 9.90 Å². The number of benzene rings is 1. The summed E-state index contributed by atoms with van der Waals surface area (Å²) in [4.78, 5) is 13.9. The smallest absolute Gasteiger partial charge is 0.335 e. The van der Waals surface area contributed by atoms with Gasteiger partial charge in [-0.2, -0.15) is 0 Å². The van der Waals surface area contributed by atoms with E-state index in [0.29, 0.717) is 0 Å². The van der Waals surface area contributed by atoms with E-state index in [1.807, 2.05) is 24.3 Å². The molecule has 4 nitrogen and oxygen atoms in total. The van der Waals surface area contributed by atoms with Crippen LogP contribution in [0.15, 0.2) is 30.5 Å². The average molecular weight is 219 g/mol. The fourth-order valence-electron chi connectivity index (χ4n) is 1.72. The lowest BCUT2D eigenvalue weighted by Gasteiger charge is -2.16. The number of para-hydroxylation sites is 1. The Hall–Kier alpha value is -1.81. The molecule has 84 valence electrons. The number of aliphatic hydroxyl groups is 1. The molecule has 1 aromatic heterocycles. The Bertz CT molecular complexity index is 528. The first-order chi connectivity index (χ1) is 7.50. The van der Waals surface area contributed by atoms with Gasteiger partial charge in [-0.1, -0.05) is 18.2 Å². The average Bonchev–Trinajstić information content (AvgIpc) is 2.61. The number of carboxylic acid groups (broad SMARTS) is 1. The first kappa shape index (κ1) is 10.7. The Morgan fingerprint density at radius 1 is 1.44 bits per heavy atom. The van der Waals surface area contributed by atoms with E-state index in [2.05, 4.69) is 4.98 Å². The van der Waals surface area contributed by atoms with Crippen LogP contribution in [0.2, 0.25) is 0 Å². The molecule has 16 heavy (non-hydrogen) atoms. The van der Waals surface area contributed by atoms with E-state index in [1.54, 1.807) is 6.20 Å². The molecule has 0 aliphatic rings. The van der Waals surface area contributed by atoms with Crippen molar-refractivity contribution >= 4 is 16.9 Å². The summed E-state index contributed by atoms with van der Waals surface area (Å²) in [5, 5.41) is 19.5. The predicted octanol–water partition coefficient (Wildman–Crippen LogP) is 1.55. The lowest BCUT2D eigenvalue weighted by molar-refractivity contribution is -0.156. The van der Waals surface area contributed by atoms with Gasteiger partial charge < -0.3 is 15.2 Å². The normalized spacial score (nSPS) is 14.9.